The summed E-state index contributed by atoms with van der Waals surface area (Å²) in [4.78, 5) is 19.1. The van der Waals surface area contributed by atoms with Crippen molar-refractivity contribution in [2.75, 3.05) is 31.1 Å². The second-order valence-electron chi connectivity index (χ2n) is 5.86. The summed E-state index contributed by atoms with van der Waals surface area (Å²) >= 11 is 3.79. The van der Waals surface area contributed by atoms with Crippen LogP contribution in [0.4, 0.5) is 0 Å². The van der Waals surface area contributed by atoms with Crippen molar-refractivity contribution >= 4 is 33.8 Å². The first kappa shape index (κ1) is 15.9. The minimum atomic E-state index is 0.194. The molecule has 1 aromatic rings. The van der Waals surface area contributed by atoms with Gasteiger partial charge in [0.05, 0.1) is 6.54 Å². The number of carbonyl (C=O) groups excluding carboxylic acids is 1. The SMILES string of the molecule is Cc1ccccc1C(=O)N1CCC(CSC2=NCCS2)CC1. The Morgan fingerprint density at radius 2 is 2.14 bits per heavy atom. The molecule has 2 aliphatic rings. The molecule has 22 heavy (non-hydrogen) atoms. The van der Waals surface area contributed by atoms with E-state index in [0.29, 0.717) is 0 Å². The van der Waals surface area contributed by atoms with Crippen LogP contribution in [0.5, 0.6) is 0 Å². The van der Waals surface area contributed by atoms with Gasteiger partial charge in [-0.05, 0) is 37.3 Å². The van der Waals surface area contributed by atoms with E-state index in [0.717, 1.165) is 61.0 Å². The number of likely N-dealkylation sites (tertiary alicyclic amines) is 1. The van der Waals surface area contributed by atoms with Crippen LogP contribution >= 0.6 is 23.5 Å². The Bertz CT molecular complexity index is 566. The van der Waals surface area contributed by atoms with E-state index in [4.69, 9.17) is 0 Å². The number of hydrogen-bond donors (Lipinski definition) is 0. The summed E-state index contributed by atoms with van der Waals surface area (Å²) < 4.78 is 1.26. The van der Waals surface area contributed by atoms with Crippen LogP contribution in [0.2, 0.25) is 0 Å². The molecule has 2 heterocycles. The van der Waals surface area contributed by atoms with Crippen molar-refractivity contribution in [3.63, 3.8) is 0 Å². The summed E-state index contributed by atoms with van der Waals surface area (Å²) in [6.07, 6.45) is 2.23. The number of hydrogen-bond acceptors (Lipinski definition) is 4. The Morgan fingerprint density at radius 3 is 2.82 bits per heavy atom. The molecule has 5 heteroatoms. The lowest BCUT2D eigenvalue weighted by Crippen LogP contribution is -2.39. The van der Waals surface area contributed by atoms with Crippen LogP contribution in [0.1, 0.15) is 28.8 Å². The van der Waals surface area contributed by atoms with E-state index in [-0.39, 0.29) is 5.91 Å². The first-order valence-electron chi connectivity index (χ1n) is 7.89. The van der Waals surface area contributed by atoms with Gasteiger partial charge in [0.1, 0.15) is 4.38 Å². The molecule has 118 valence electrons. The highest BCUT2D eigenvalue weighted by Crippen LogP contribution is 2.28. The van der Waals surface area contributed by atoms with Crippen molar-refractivity contribution in [2.24, 2.45) is 10.9 Å². The van der Waals surface area contributed by atoms with E-state index < -0.39 is 0 Å². The normalized spacial score (nSPS) is 19.3. The Kier molecular flexibility index (Phi) is 5.47. The van der Waals surface area contributed by atoms with E-state index in [1.807, 2.05) is 59.6 Å². The zero-order chi connectivity index (χ0) is 15.4. The zero-order valence-electron chi connectivity index (χ0n) is 13.0. The molecule has 0 aromatic heterocycles. The number of carbonyl (C=O) groups is 1. The Hall–Kier alpha value is -0.940. The van der Waals surface area contributed by atoms with Crippen LogP contribution in [0, 0.1) is 12.8 Å². The van der Waals surface area contributed by atoms with Crippen LogP contribution in [0.15, 0.2) is 29.3 Å². The van der Waals surface area contributed by atoms with Gasteiger partial charge in [0, 0.05) is 30.2 Å². The van der Waals surface area contributed by atoms with Crippen LogP contribution < -0.4 is 0 Å². The van der Waals surface area contributed by atoms with Gasteiger partial charge in [0.15, 0.2) is 0 Å². The van der Waals surface area contributed by atoms with Crippen molar-refractivity contribution in [1.29, 1.82) is 0 Å². The number of aliphatic imine (C=N–C) groups is 1. The minimum absolute atomic E-state index is 0.194. The maximum atomic E-state index is 12.6. The molecular weight excluding hydrogens is 312 g/mol. The molecule has 3 rings (SSSR count). The third-order valence-corrected chi connectivity index (χ3v) is 6.76. The fourth-order valence-electron chi connectivity index (χ4n) is 2.88. The van der Waals surface area contributed by atoms with Crippen LogP contribution in [-0.4, -0.2) is 46.3 Å². The Morgan fingerprint density at radius 1 is 1.36 bits per heavy atom. The van der Waals surface area contributed by atoms with Gasteiger partial charge < -0.3 is 4.90 Å². The molecule has 0 saturated carbocycles. The smallest absolute Gasteiger partial charge is 0.254 e. The van der Waals surface area contributed by atoms with Crippen LogP contribution in [0.25, 0.3) is 0 Å². The van der Waals surface area contributed by atoms with Gasteiger partial charge in [-0.1, -0.05) is 41.7 Å². The number of amides is 1. The maximum absolute atomic E-state index is 12.6. The second-order valence-corrected chi connectivity index (χ2v) is 8.21. The highest BCUT2D eigenvalue weighted by Gasteiger charge is 2.24. The van der Waals surface area contributed by atoms with E-state index in [2.05, 4.69) is 4.99 Å². The molecule has 2 aliphatic heterocycles. The summed E-state index contributed by atoms with van der Waals surface area (Å²) in [5.74, 6) is 3.21. The Balaban J connectivity index is 1.49. The summed E-state index contributed by atoms with van der Waals surface area (Å²) in [5, 5.41) is 0. The van der Waals surface area contributed by atoms with Gasteiger partial charge in [-0.15, -0.1) is 0 Å². The molecule has 1 amide bonds. The average molecular weight is 335 g/mol. The highest BCUT2D eigenvalue weighted by atomic mass is 32.2. The maximum Gasteiger partial charge on any atom is 0.254 e. The van der Waals surface area contributed by atoms with Gasteiger partial charge in [0.25, 0.3) is 5.91 Å². The fraction of sp³-hybridized carbons (Fsp3) is 0.529. The van der Waals surface area contributed by atoms with E-state index >= 15 is 0 Å². The molecule has 1 fully saturated rings. The number of benzene rings is 1. The average Bonchev–Trinajstić information content (AvgIpc) is 3.07. The molecule has 0 N–H and O–H groups in total. The van der Waals surface area contributed by atoms with Crippen LogP contribution in [0.3, 0.4) is 0 Å². The standard InChI is InChI=1S/C17H22N2OS2/c1-13-4-2-3-5-15(13)16(20)19-9-6-14(7-10-19)12-22-17-18-8-11-21-17/h2-5,14H,6-12H2,1H3. The van der Waals surface area contributed by atoms with Gasteiger partial charge in [-0.2, -0.15) is 0 Å². The fourth-order valence-corrected chi connectivity index (χ4v) is 5.10. The molecule has 1 saturated heterocycles. The largest absolute Gasteiger partial charge is 0.339 e. The number of nitrogens with zero attached hydrogens (tertiary/aromatic N) is 2. The first-order valence-corrected chi connectivity index (χ1v) is 9.86. The molecular formula is C17H22N2OS2. The summed E-state index contributed by atoms with van der Waals surface area (Å²) in [6.45, 7) is 4.77. The monoisotopic (exact) mass is 334 g/mol. The third-order valence-electron chi connectivity index (χ3n) is 4.28. The summed E-state index contributed by atoms with van der Waals surface area (Å²) in [6, 6.07) is 7.88. The number of piperidine rings is 1. The molecule has 1 aromatic carbocycles. The van der Waals surface area contributed by atoms with Crippen molar-refractivity contribution in [3.05, 3.63) is 35.4 Å². The van der Waals surface area contributed by atoms with Crippen molar-refractivity contribution < 1.29 is 4.79 Å². The van der Waals surface area contributed by atoms with Crippen LogP contribution in [-0.2, 0) is 0 Å². The predicted octanol–water partition coefficient (Wildman–Crippen LogP) is 3.68. The lowest BCUT2D eigenvalue weighted by molar-refractivity contribution is 0.0698. The zero-order valence-corrected chi connectivity index (χ0v) is 14.6. The third kappa shape index (κ3) is 3.87. The quantitative estimate of drug-likeness (QED) is 0.845. The lowest BCUT2D eigenvalue weighted by atomic mass is 9.98. The molecule has 0 radical (unpaired) electrons. The van der Waals surface area contributed by atoms with Gasteiger partial charge in [0.2, 0.25) is 0 Å². The molecule has 0 bridgehead atoms. The number of thioether (sulfide) groups is 2. The minimum Gasteiger partial charge on any atom is -0.339 e. The van der Waals surface area contributed by atoms with Crippen molar-refractivity contribution in [1.82, 2.24) is 4.90 Å². The summed E-state index contributed by atoms with van der Waals surface area (Å²) in [5.41, 5.74) is 1.92. The molecule has 0 unspecified atom stereocenters. The summed E-state index contributed by atoms with van der Waals surface area (Å²) in [7, 11) is 0. The van der Waals surface area contributed by atoms with Crippen molar-refractivity contribution in [2.45, 2.75) is 19.8 Å². The lowest BCUT2D eigenvalue weighted by Gasteiger charge is -2.32. The molecule has 0 spiro atoms. The number of rotatable bonds is 3. The topological polar surface area (TPSA) is 32.7 Å². The molecule has 0 atom stereocenters. The number of aryl methyl sites for hydroxylation is 1. The van der Waals surface area contributed by atoms with Gasteiger partial charge in [-0.25, -0.2) is 0 Å². The molecule has 0 aliphatic carbocycles. The van der Waals surface area contributed by atoms with Crippen molar-refractivity contribution in [3.8, 4) is 0 Å². The van der Waals surface area contributed by atoms with E-state index in [9.17, 15) is 4.79 Å². The van der Waals surface area contributed by atoms with E-state index in [1.165, 1.54) is 4.38 Å². The second kappa shape index (κ2) is 7.55. The Labute approximate surface area is 140 Å². The van der Waals surface area contributed by atoms with Gasteiger partial charge >= 0.3 is 0 Å². The molecule has 3 nitrogen and oxygen atoms in total. The van der Waals surface area contributed by atoms with Gasteiger partial charge in [-0.3, -0.25) is 9.79 Å². The highest BCUT2D eigenvalue weighted by molar-refractivity contribution is 8.39. The van der Waals surface area contributed by atoms with E-state index in [1.54, 1.807) is 0 Å². The predicted molar refractivity (Wildman–Crippen MR) is 97.0 cm³/mol. The first-order chi connectivity index (χ1) is 10.7.